The van der Waals surface area contributed by atoms with Gasteiger partial charge in [0.05, 0.1) is 16.8 Å². The second kappa shape index (κ2) is 7.92. The predicted octanol–water partition coefficient (Wildman–Crippen LogP) is 5.78. The van der Waals surface area contributed by atoms with Crippen molar-refractivity contribution < 1.29 is 9.59 Å². The van der Waals surface area contributed by atoms with Crippen LogP contribution in [0.4, 0.5) is 5.69 Å². The molecular weight excluding hydrogens is 442 g/mol. The standard InChI is InChI=1S/C25H28ClN3O2S/c1-15-7-9-17(10-8-15)27-24(31)25(3)14-28-20-11-12-32-22(20)13-21(28)23(30)29(25)19-6-4-5-18(26)16(19)2/h4-6,11-13,15,17H,7-10,14H2,1-3H3,(H,27,31)/t15?,17?,25-/m1/s1. The number of nitrogens with one attached hydrogen (secondary N) is 1. The highest BCUT2D eigenvalue weighted by molar-refractivity contribution is 7.17. The third kappa shape index (κ3) is 3.35. The second-order valence-electron chi connectivity index (χ2n) is 9.51. The molecule has 0 saturated heterocycles. The number of hydrogen-bond acceptors (Lipinski definition) is 3. The number of halogens is 1. The number of hydrogen-bond donors (Lipinski definition) is 1. The van der Waals surface area contributed by atoms with Gasteiger partial charge in [0.25, 0.3) is 5.91 Å². The molecule has 3 heterocycles. The van der Waals surface area contributed by atoms with Crippen LogP contribution in [-0.2, 0) is 11.3 Å². The lowest BCUT2D eigenvalue weighted by Gasteiger charge is -2.45. The number of benzene rings is 1. The highest BCUT2D eigenvalue weighted by atomic mass is 35.5. The maximum Gasteiger partial charge on any atom is 0.275 e. The van der Waals surface area contributed by atoms with Gasteiger partial charge in [-0.2, -0.15) is 0 Å². The number of carbonyl (C=O) groups is 2. The molecule has 1 saturated carbocycles. The van der Waals surface area contributed by atoms with Crippen LogP contribution < -0.4 is 10.2 Å². The fraction of sp³-hybridized carbons (Fsp3) is 0.440. The first kappa shape index (κ1) is 21.5. The number of amides is 2. The molecule has 1 aliphatic carbocycles. The van der Waals surface area contributed by atoms with Crippen molar-refractivity contribution in [3.05, 3.63) is 52.0 Å². The van der Waals surface area contributed by atoms with E-state index in [2.05, 4.69) is 12.2 Å². The van der Waals surface area contributed by atoms with Gasteiger partial charge in [-0.15, -0.1) is 11.3 Å². The zero-order valence-electron chi connectivity index (χ0n) is 18.7. The van der Waals surface area contributed by atoms with E-state index in [0.717, 1.165) is 41.5 Å². The summed E-state index contributed by atoms with van der Waals surface area (Å²) in [5.74, 6) is 0.433. The zero-order valence-corrected chi connectivity index (χ0v) is 20.2. The van der Waals surface area contributed by atoms with Crippen molar-refractivity contribution in [2.45, 2.75) is 64.6 Å². The van der Waals surface area contributed by atoms with Crippen LogP contribution in [0, 0.1) is 12.8 Å². The highest BCUT2D eigenvalue weighted by Crippen LogP contribution is 2.39. The molecule has 1 fully saturated rings. The number of fused-ring (bicyclic) bond motifs is 3. The van der Waals surface area contributed by atoms with Crippen molar-refractivity contribution in [2.75, 3.05) is 4.90 Å². The lowest BCUT2D eigenvalue weighted by atomic mass is 9.86. The number of thiophene rings is 1. The quantitative estimate of drug-likeness (QED) is 0.528. The Kier molecular flexibility index (Phi) is 5.33. The van der Waals surface area contributed by atoms with Gasteiger partial charge in [0.1, 0.15) is 11.2 Å². The molecule has 2 aromatic heterocycles. The van der Waals surface area contributed by atoms with Crippen molar-refractivity contribution in [2.24, 2.45) is 5.92 Å². The van der Waals surface area contributed by atoms with Gasteiger partial charge in [-0.25, -0.2) is 0 Å². The first-order valence-corrected chi connectivity index (χ1v) is 12.5. The average Bonchev–Trinajstić information content (AvgIpc) is 3.35. The van der Waals surface area contributed by atoms with Crippen molar-refractivity contribution >= 4 is 50.7 Å². The first-order chi connectivity index (χ1) is 15.3. The fourth-order valence-electron chi connectivity index (χ4n) is 5.17. The Hall–Kier alpha value is -2.31. The molecular formula is C25H28ClN3O2S. The topological polar surface area (TPSA) is 54.3 Å². The average molecular weight is 470 g/mol. The highest BCUT2D eigenvalue weighted by Gasteiger charge is 2.49. The predicted molar refractivity (Wildman–Crippen MR) is 131 cm³/mol. The van der Waals surface area contributed by atoms with E-state index in [9.17, 15) is 9.59 Å². The monoisotopic (exact) mass is 469 g/mol. The maximum absolute atomic E-state index is 13.9. The van der Waals surface area contributed by atoms with Crippen LogP contribution in [0.25, 0.3) is 10.2 Å². The minimum Gasteiger partial charge on any atom is -0.351 e. The molecule has 1 aromatic carbocycles. The van der Waals surface area contributed by atoms with Crippen molar-refractivity contribution in [1.29, 1.82) is 0 Å². The lowest BCUT2D eigenvalue weighted by molar-refractivity contribution is -0.127. The maximum atomic E-state index is 13.9. The van der Waals surface area contributed by atoms with E-state index in [-0.39, 0.29) is 17.9 Å². The Morgan fingerprint density at radius 1 is 1.22 bits per heavy atom. The summed E-state index contributed by atoms with van der Waals surface area (Å²) in [5, 5.41) is 5.90. The summed E-state index contributed by atoms with van der Waals surface area (Å²) in [6, 6.07) is 9.65. The number of rotatable bonds is 3. The minimum atomic E-state index is -1.07. The summed E-state index contributed by atoms with van der Waals surface area (Å²) in [6.45, 7) is 6.45. The molecule has 168 valence electrons. The smallest absolute Gasteiger partial charge is 0.275 e. The molecule has 32 heavy (non-hydrogen) atoms. The third-order valence-corrected chi connectivity index (χ3v) is 8.49. The van der Waals surface area contributed by atoms with Gasteiger partial charge in [-0.1, -0.05) is 24.6 Å². The van der Waals surface area contributed by atoms with Crippen LogP contribution in [0.3, 0.4) is 0 Å². The number of anilines is 1. The van der Waals surface area contributed by atoms with Gasteiger partial charge in [-0.3, -0.25) is 14.5 Å². The summed E-state index contributed by atoms with van der Waals surface area (Å²) in [5.41, 5.74) is 2.04. The van der Waals surface area contributed by atoms with E-state index in [1.807, 2.05) is 54.1 Å². The van der Waals surface area contributed by atoms with Crippen molar-refractivity contribution in [1.82, 2.24) is 9.88 Å². The molecule has 5 nitrogen and oxygen atoms in total. The van der Waals surface area contributed by atoms with Gasteiger partial charge >= 0.3 is 0 Å². The molecule has 0 spiro atoms. The Morgan fingerprint density at radius 3 is 2.72 bits per heavy atom. The van der Waals surface area contributed by atoms with Gasteiger partial charge < -0.3 is 9.88 Å². The second-order valence-corrected chi connectivity index (χ2v) is 10.9. The molecule has 7 heteroatoms. The molecule has 1 aliphatic heterocycles. The molecule has 5 rings (SSSR count). The molecule has 2 aliphatic rings. The van der Waals surface area contributed by atoms with Crippen LogP contribution in [0.2, 0.25) is 5.02 Å². The minimum absolute atomic E-state index is 0.104. The van der Waals surface area contributed by atoms with E-state index < -0.39 is 5.54 Å². The molecule has 2 amide bonds. The van der Waals surface area contributed by atoms with Crippen molar-refractivity contribution in [3.63, 3.8) is 0 Å². The van der Waals surface area contributed by atoms with E-state index in [0.29, 0.717) is 28.9 Å². The number of carbonyl (C=O) groups excluding carboxylic acids is 2. The van der Waals surface area contributed by atoms with Gasteiger partial charge in [0.15, 0.2) is 0 Å². The summed E-state index contributed by atoms with van der Waals surface area (Å²) >= 11 is 8.04. The zero-order chi connectivity index (χ0) is 22.6. The molecule has 0 bridgehead atoms. The molecule has 0 radical (unpaired) electrons. The summed E-state index contributed by atoms with van der Waals surface area (Å²) in [6.07, 6.45) is 4.21. The molecule has 1 atom stereocenters. The summed E-state index contributed by atoms with van der Waals surface area (Å²) in [7, 11) is 0. The normalized spacial score (nSPS) is 25.8. The van der Waals surface area contributed by atoms with Crippen LogP contribution >= 0.6 is 22.9 Å². The molecule has 0 unspecified atom stereocenters. The third-order valence-electron chi connectivity index (χ3n) is 7.22. The molecule has 3 aromatic rings. The van der Waals surface area contributed by atoms with E-state index in [1.165, 1.54) is 0 Å². The molecule has 1 N–H and O–H groups in total. The number of aromatic nitrogens is 1. The van der Waals surface area contributed by atoms with Crippen LogP contribution in [0.5, 0.6) is 0 Å². The van der Waals surface area contributed by atoms with Gasteiger partial charge in [-0.05, 0) is 80.7 Å². The van der Waals surface area contributed by atoms with Crippen molar-refractivity contribution in [3.8, 4) is 0 Å². The Morgan fingerprint density at radius 2 is 1.97 bits per heavy atom. The van der Waals surface area contributed by atoms with Gasteiger partial charge in [0, 0.05) is 16.8 Å². The Bertz CT molecular complexity index is 1210. The summed E-state index contributed by atoms with van der Waals surface area (Å²) in [4.78, 5) is 29.4. The Labute approximate surface area is 197 Å². The van der Waals surface area contributed by atoms with Gasteiger partial charge in [0.2, 0.25) is 5.91 Å². The Balaban J connectivity index is 1.60. The van der Waals surface area contributed by atoms with E-state index in [4.69, 9.17) is 11.6 Å². The fourth-order valence-corrected chi connectivity index (χ4v) is 6.17. The largest absolute Gasteiger partial charge is 0.351 e. The van der Waals surface area contributed by atoms with E-state index in [1.54, 1.807) is 16.2 Å². The summed E-state index contributed by atoms with van der Waals surface area (Å²) < 4.78 is 3.06. The first-order valence-electron chi connectivity index (χ1n) is 11.3. The van der Waals surface area contributed by atoms with Crippen LogP contribution in [0.15, 0.2) is 35.7 Å². The van der Waals surface area contributed by atoms with Crippen LogP contribution in [-0.4, -0.2) is 28.0 Å². The number of nitrogens with zero attached hydrogens (tertiary/aromatic N) is 2. The van der Waals surface area contributed by atoms with E-state index >= 15 is 0 Å². The SMILES string of the molecule is Cc1c(Cl)cccc1N1C(=O)c2cc3sccc3n2C[C@]1(C)C(=O)NC1CCC(C)CC1. The van der Waals surface area contributed by atoms with Crippen LogP contribution in [0.1, 0.15) is 55.6 Å². The lowest BCUT2D eigenvalue weighted by Crippen LogP contribution is -2.65.